The Kier molecular flexibility index (Phi) is 6.21. The third kappa shape index (κ3) is 5.86. The van der Waals surface area contributed by atoms with Gasteiger partial charge in [-0.3, -0.25) is 4.79 Å². The molecule has 0 bridgehead atoms. The van der Waals surface area contributed by atoms with Crippen molar-refractivity contribution in [3.8, 4) is 0 Å². The zero-order chi connectivity index (χ0) is 15.1. The van der Waals surface area contributed by atoms with Crippen LogP contribution in [0.1, 0.15) is 24.8 Å². The lowest BCUT2D eigenvalue weighted by Gasteiger charge is -2.21. The van der Waals surface area contributed by atoms with Crippen molar-refractivity contribution in [1.29, 1.82) is 0 Å². The number of nitrogens with zero attached hydrogens (tertiary/aromatic N) is 1. The SMILES string of the molecule is CN(CCOCC1CC1)C(=O)[C@@H](N)CCc1ccccc1. The van der Waals surface area contributed by atoms with Gasteiger partial charge in [-0.25, -0.2) is 0 Å². The topological polar surface area (TPSA) is 55.6 Å². The molecule has 0 aliphatic heterocycles. The van der Waals surface area contributed by atoms with E-state index >= 15 is 0 Å². The Labute approximate surface area is 127 Å². The quantitative estimate of drug-likeness (QED) is 0.706. The molecule has 1 aromatic rings. The predicted molar refractivity (Wildman–Crippen MR) is 83.9 cm³/mol. The fourth-order valence-corrected chi connectivity index (χ4v) is 2.22. The fourth-order valence-electron chi connectivity index (χ4n) is 2.22. The van der Waals surface area contributed by atoms with Crippen molar-refractivity contribution in [2.45, 2.75) is 31.7 Å². The first-order valence-electron chi connectivity index (χ1n) is 7.79. The Bertz CT molecular complexity index is 432. The van der Waals surface area contributed by atoms with Gasteiger partial charge in [-0.1, -0.05) is 30.3 Å². The lowest BCUT2D eigenvalue weighted by Crippen LogP contribution is -2.43. The molecule has 0 spiro atoms. The van der Waals surface area contributed by atoms with Gasteiger partial charge in [0.2, 0.25) is 5.91 Å². The molecule has 1 atom stereocenters. The summed E-state index contributed by atoms with van der Waals surface area (Å²) in [6.07, 6.45) is 4.09. The van der Waals surface area contributed by atoms with E-state index in [0.29, 0.717) is 19.6 Å². The smallest absolute Gasteiger partial charge is 0.239 e. The molecular weight excluding hydrogens is 264 g/mol. The van der Waals surface area contributed by atoms with Crippen molar-refractivity contribution in [2.75, 3.05) is 26.8 Å². The summed E-state index contributed by atoms with van der Waals surface area (Å²) in [5, 5.41) is 0. The fraction of sp³-hybridized carbons (Fsp3) is 0.588. The summed E-state index contributed by atoms with van der Waals surface area (Å²) in [4.78, 5) is 13.8. The summed E-state index contributed by atoms with van der Waals surface area (Å²) in [6, 6.07) is 9.69. The number of benzene rings is 1. The van der Waals surface area contributed by atoms with E-state index in [4.69, 9.17) is 10.5 Å². The van der Waals surface area contributed by atoms with Gasteiger partial charge in [0.15, 0.2) is 0 Å². The van der Waals surface area contributed by atoms with Gasteiger partial charge in [-0.15, -0.1) is 0 Å². The molecule has 0 unspecified atom stereocenters. The van der Waals surface area contributed by atoms with Gasteiger partial charge in [0.05, 0.1) is 12.6 Å². The summed E-state index contributed by atoms with van der Waals surface area (Å²) in [7, 11) is 1.80. The number of ether oxygens (including phenoxy) is 1. The van der Waals surface area contributed by atoms with Crippen LogP contribution in [0.5, 0.6) is 0 Å². The molecule has 0 heterocycles. The standard InChI is InChI=1S/C17H26N2O2/c1-19(11-12-21-13-15-7-8-15)17(20)16(18)10-9-14-5-3-2-4-6-14/h2-6,15-16H,7-13,18H2,1H3/t16-/m0/s1. The van der Waals surface area contributed by atoms with E-state index in [1.807, 2.05) is 18.2 Å². The van der Waals surface area contributed by atoms with Crippen molar-refractivity contribution in [3.05, 3.63) is 35.9 Å². The van der Waals surface area contributed by atoms with Gasteiger partial charge in [0.1, 0.15) is 0 Å². The number of hydrogen-bond donors (Lipinski definition) is 1. The Balaban J connectivity index is 1.62. The van der Waals surface area contributed by atoms with Gasteiger partial charge in [0, 0.05) is 20.2 Å². The van der Waals surface area contributed by atoms with E-state index in [1.165, 1.54) is 18.4 Å². The van der Waals surface area contributed by atoms with E-state index in [0.717, 1.165) is 18.9 Å². The second kappa shape index (κ2) is 8.15. The molecule has 1 saturated carbocycles. The zero-order valence-electron chi connectivity index (χ0n) is 12.8. The molecule has 1 fully saturated rings. The second-order valence-electron chi connectivity index (χ2n) is 5.91. The lowest BCUT2D eigenvalue weighted by atomic mass is 10.1. The van der Waals surface area contributed by atoms with Crippen LogP contribution in [0, 0.1) is 5.92 Å². The number of carbonyl (C=O) groups is 1. The molecule has 4 nitrogen and oxygen atoms in total. The maximum atomic E-state index is 12.2. The first kappa shape index (κ1) is 16.0. The largest absolute Gasteiger partial charge is 0.379 e. The van der Waals surface area contributed by atoms with Gasteiger partial charge in [0.25, 0.3) is 0 Å². The summed E-state index contributed by atoms with van der Waals surface area (Å²) in [5.41, 5.74) is 7.22. The van der Waals surface area contributed by atoms with Crippen LogP contribution in [0.3, 0.4) is 0 Å². The molecule has 21 heavy (non-hydrogen) atoms. The van der Waals surface area contributed by atoms with Gasteiger partial charge >= 0.3 is 0 Å². The van der Waals surface area contributed by atoms with E-state index in [-0.39, 0.29) is 5.91 Å². The molecular formula is C17H26N2O2. The Morgan fingerprint density at radius 2 is 2.10 bits per heavy atom. The highest BCUT2D eigenvalue weighted by atomic mass is 16.5. The summed E-state index contributed by atoms with van der Waals surface area (Å²) in [5.74, 6) is 0.764. The van der Waals surface area contributed by atoms with Crippen molar-refractivity contribution < 1.29 is 9.53 Å². The Hall–Kier alpha value is -1.39. The first-order chi connectivity index (χ1) is 10.2. The minimum Gasteiger partial charge on any atom is -0.379 e. The number of aryl methyl sites for hydroxylation is 1. The van der Waals surface area contributed by atoms with E-state index < -0.39 is 6.04 Å². The number of carbonyl (C=O) groups excluding carboxylic acids is 1. The van der Waals surface area contributed by atoms with Crippen LogP contribution in [0.15, 0.2) is 30.3 Å². The predicted octanol–water partition coefficient (Wildman–Crippen LogP) is 1.83. The number of rotatable bonds is 9. The Morgan fingerprint density at radius 1 is 1.38 bits per heavy atom. The lowest BCUT2D eigenvalue weighted by molar-refractivity contribution is -0.132. The maximum absolute atomic E-state index is 12.2. The summed E-state index contributed by atoms with van der Waals surface area (Å²) in [6.45, 7) is 2.05. The second-order valence-corrected chi connectivity index (χ2v) is 5.91. The van der Waals surface area contributed by atoms with Crippen LogP contribution >= 0.6 is 0 Å². The molecule has 116 valence electrons. The third-order valence-electron chi connectivity index (χ3n) is 3.90. The van der Waals surface area contributed by atoms with E-state index in [1.54, 1.807) is 11.9 Å². The highest BCUT2D eigenvalue weighted by molar-refractivity contribution is 5.81. The molecule has 1 aromatic carbocycles. The third-order valence-corrected chi connectivity index (χ3v) is 3.90. The number of hydrogen-bond acceptors (Lipinski definition) is 3. The average Bonchev–Trinajstić information content (AvgIpc) is 3.33. The van der Waals surface area contributed by atoms with E-state index in [2.05, 4.69) is 12.1 Å². The van der Waals surface area contributed by atoms with Crippen molar-refractivity contribution in [2.24, 2.45) is 11.7 Å². The molecule has 2 N–H and O–H groups in total. The van der Waals surface area contributed by atoms with Crippen LogP contribution in [-0.2, 0) is 16.0 Å². The van der Waals surface area contributed by atoms with Crippen LogP contribution in [0.4, 0.5) is 0 Å². The number of nitrogens with two attached hydrogens (primary N) is 1. The van der Waals surface area contributed by atoms with Gasteiger partial charge in [-0.2, -0.15) is 0 Å². The maximum Gasteiger partial charge on any atom is 0.239 e. The highest BCUT2D eigenvalue weighted by Crippen LogP contribution is 2.28. The molecule has 2 rings (SSSR count). The normalized spacial score (nSPS) is 15.7. The monoisotopic (exact) mass is 290 g/mol. The Morgan fingerprint density at radius 3 is 2.76 bits per heavy atom. The van der Waals surface area contributed by atoms with Crippen LogP contribution < -0.4 is 5.73 Å². The molecule has 1 amide bonds. The van der Waals surface area contributed by atoms with Gasteiger partial charge < -0.3 is 15.4 Å². The van der Waals surface area contributed by atoms with Crippen molar-refractivity contribution in [3.63, 3.8) is 0 Å². The number of likely N-dealkylation sites (N-methyl/N-ethyl adjacent to an activating group) is 1. The van der Waals surface area contributed by atoms with Crippen LogP contribution in [0.25, 0.3) is 0 Å². The first-order valence-corrected chi connectivity index (χ1v) is 7.79. The molecule has 1 aliphatic carbocycles. The van der Waals surface area contributed by atoms with Crippen LogP contribution in [0.2, 0.25) is 0 Å². The zero-order valence-corrected chi connectivity index (χ0v) is 12.8. The minimum absolute atomic E-state index is 0.000882. The highest BCUT2D eigenvalue weighted by Gasteiger charge is 2.21. The average molecular weight is 290 g/mol. The minimum atomic E-state index is -0.432. The van der Waals surface area contributed by atoms with Gasteiger partial charge in [-0.05, 0) is 37.2 Å². The molecule has 4 heteroatoms. The summed E-state index contributed by atoms with van der Waals surface area (Å²) >= 11 is 0. The summed E-state index contributed by atoms with van der Waals surface area (Å²) < 4.78 is 5.55. The van der Waals surface area contributed by atoms with Crippen molar-refractivity contribution >= 4 is 5.91 Å². The molecule has 1 aliphatic rings. The molecule has 0 radical (unpaired) electrons. The van der Waals surface area contributed by atoms with E-state index in [9.17, 15) is 4.79 Å². The van der Waals surface area contributed by atoms with Crippen molar-refractivity contribution in [1.82, 2.24) is 4.90 Å². The molecule has 0 saturated heterocycles. The molecule has 0 aromatic heterocycles. The van der Waals surface area contributed by atoms with Crippen LogP contribution in [-0.4, -0.2) is 43.7 Å². The number of amides is 1.